The highest BCUT2D eigenvalue weighted by atomic mass is 19.1. The molecular weight excluding hydrogens is 399 g/mol. The van der Waals surface area contributed by atoms with E-state index in [-0.39, 0.29) is 11.3 Å². The van der Waals surface area contributed by atoms with Crippen molar-refractivity contribution in [2.45, 2.75) is 0 Å². The lowest BCUT2D eigenvalue weighted by Gasteiger charge is -2.19. The molecule has 0 aromatic heterocycles. The number of nitrogens with one attached hydrogen (secondary N) is 1. The van der Waals surface area contributed by atoms with Crippen molar-refractivity contribution in [3.05, 3.63) is 89.9 Å². The summed E-state index contributed by atoms with van der Waals surface area (Å²) in [7, 11) is 0. The molecule has 0 atom stereocenters. The van der Waals surface area contributed by atoms with Crippen LogP contribution in [0.15, 0.2) is 78.5 Å². The predicted molar refractivity (Wildman–Crippen MR) is 113 cm³/mol. The summed E-state index contributed by atoms with van der Waals surface area (Å²) in [4.78, 5) is 27.7. The Morgan fingerprint density at radius 1 is 0.806 bits per heavy atom. The zero-order chi connectivity index (χ0) is 21.4. The summed E-state index contributed by atoms with van der Waals surface area (Å²) >= 11 is 0. The molecule has 6 nitrogen and oxygen atoms in total. The lowest BCUT2D eigenvalue weighted by molar-refractivity contribution is -0.120. The van der Waals surface area contributed by atoms with Gasteiger partial charge in [0.2, 0.25) is 0 Å². The quantitative estimate of drug-likeness (QED) is 0.652. The summed E-state index contributed by atoms with van der Waals surface area (Å²) in [5.74, 6) is -0.275. The van der Waals surface area contributed by atoms with E-state index in [0.717, 1.165) is 4.90 Å². The van der Waals surface area contributed by atoms with Crippen LogP contribution in [0.1, 0.15) is 5.56 Å². The van der Waals surface area contributed by atoms with Gasteiger partial charge < -0.3 is 14.8 Å². The van der Waals surface area contributed by atoms with E-state index in [1.54, 1.807) is 42.5 Å². The van der Waals surface area contributed by atoms with Gasteiger partial charge in [0, 0.05) is 11.8 Å². The number of hydrogen-bond acceptors (Lipinski definition) is 5. The zero-order valence-corrected chi connectivity index (χ0v) is 16.3. The molecule has 2 amide bonds. The van der Waals surface area contributed by atoms with Crippen molar-refractivity contribution in [1.29, 1.82) is 0 Å². The molecule has 0 bridgehead atoms. The van der Waals surface area contributed by atoms with Gasteiger partial charge in [-0.05, 0) is 42.0 Å². The molecule has 5 rings (SSSR count). The molecule has 0 saturated heterocycles. The van der Waals surface area contributed by atoms with Crippen LogP contribution in [0.2, 0.25) is 0 Å². The molecule has 2 aliphatic rings. The minimum absolute atomic E-state index is 0.136. The third kappa shape index (κ3) is 3.40. The molecule has 0 fully saturated rings. The summed E-state index contributed by atoms with van der Waals surface area (Å²) in [5.41, 5.74) is 1.85. The van der Waals surface area contributed by atoms with Crippen molar-refractivity contribution < 1.29 is 23.5 Å². The number of carbonyl (C=O) groups excluding carboxylic acids is 2. The first kappa shape index (κ1) is 18.9. The van der Waals surface area contributed by atoms with Gasteiger partial charge >= 0.3 is 0 Å². The largest absolute Gasteiger partial charge is 0.486 e. The highest BCUT2D eigenvalue weighted by Gasteiger charge is 2.40. The standard InChI is InChI=1S/C24H17FN2O4/c25-16-6-9-18(10-7-16)27-23(28)21(15-4-2-1-3-5-15)22(24(27)29)26-17-8-11-19-20(14-17)31-13-12-30-19/h1-11,14,26H,12-13H2. The van der Waals surface area contributed by atoms with Gasteiger partial charge in [-0.25, -0.2) is 9.29 Å². The lowest BCUT2D eigenvalue weighted by atomic mass is 10.0. The van der Waals surface area contributed by atoms with E-state index in [0.29, 0.717) is 41.7 Å². The Balaban J connectivity index is 1.57. The number of nitrogens with zero attached hydrogens (tertiary/aromatic N) is 1. The van der Waals surface area contributed by atoms with E-state index in [1.165, 1.54) is 24.3 Å². The third-order valence-corrected chi connectivity index (χ3v) is 5.04. The van der Waals surface area contributed by atoms with Gasteiger partial charge in [0.25, 0.3) is 11.8 Å². The second-order valence-corrected chi connectivity index (χ2v) is 7.02. The maximum absolute atomic E-state index is 13.4. The highest BCUT2D eigenvalue weighted by Crippen LogP contribution is 2.36. The van der Waals surface area contributed by atoms with E-state index in [4.69, 9.17) is 9.47 Å². The summed E-state index contributed by atoms with van der Waals surface area (Å²) in [6.45, 7) is 0.910. The first-order valence-electron chi connectivity index (χ1n) is 9.72. The Labute approximate surface area is 177 Å². The van der Waals surface area contributed by atoms with Crippen LogP contribution in [-0.2, 0) is 9.59 Å². The maximum atomic E-state index is 13.4. The number of anilines is 2. The van der Waals surface area contributed by atoms with Crippen molar-refractivity contribution in [1.82, 2.24) is 0 Å². The Hall–Kier alpha value is -4.13. The number of ether oxygens (including phenoxy) is 2. The minimum atomic E-state index is -0.523. The summed E-state index contributed by atoms with van der Waals surface area (Å²) in [6, 6.07) is 19.4. The third-order valence-electron chi connectivity index (χ3n) is 5.04. The van der Waals surface area contributed by atoms with Crippen LogP contribution < -0.4 is 19.7 Å². The molecular formula is C24H17FN2O4. The smallest absolute Gasteiger partial charge is 0.282 e. The fraction of sp³-hybridized carbons (Fsp3) is 0.0833. The number of halogens is 1. The van der Waals surface area contributed by atoms with Crippen LogP contribution in [0.3, 0.4) is 0 Å². The number of carbonyl (C=O) groups is 2. The molecule has 3 aromatic rings. The number of benzene rings is 3. The fourth-order valence-corrected chi connectivity index (χ4v) is 3.61. The van der Waals surface area contributed by atoms with Gasteiger partial charge in [0.1, 0.15) is 24.7 Å². The van der Waals surface area contributed by atoms with Crippen molar-refractivity contribution in [2.24, 2.45) is 0 Å². The molecule has 0 spiro atoms. The number of amides is 2. The average molecular weight is 416 g/mol. The summed E-state index contributed by atoms with van der Waals surface area (Å²) in [5, 5.41) is 3.09. The second-order valence-electron chi connectivity index (χ2n) is 7.02. The van der Waals surface area contributed by atoms with Crippen molar-refractivity contribution in [3.8, 4) is 11.5 Å². The van der Waals surface area contributed by atoms with Crippen LogP contribution in [-0.4, -0.2) is 25.0 Å². The first-order chi connectivity index (χ1) is 15.1. The zero-order valence-electron chi connectivity index (χ0n) is 16.3. The summed E-state index contributed by atoms with van der Waals surface area (Å²) < 4.78 is 24.5. The number of fused-ring (bicyclic) bond motifs is 1. The van der Waals surface area contributed by atoms with E-state index < -0.39 is 17.6 Å². The van der Waals surface area contributed by atoms with Crippen LogP contribution >= 0.6 is 0 Å². The Kier molecular flexibility index (Phi) is 4.63. The van der Waals surface area contributed by atoms with Crippen LogP contribution in [0, 0.1) is 5.82 Å². The molecule has 3 aromatic carbocycles. The van der Waals surface area contributed by atoms with E-state index >= 15 is 0 Å². The van der Waals surface area contributed by atoms with Crippen LogP contribution in [0.5, 0.6) is 11.5 Å². The predicted octanol–water partition coefficient (Wildman–Crippen LogP) is 3.99. The highest BCUT2D eigenvalue weighted by molar-refractivity contribution is 6.46. The van der Waals surface area contributed by atoms with E-state index in [2.05, 4.69) is 5.32 Å². The monoisotopic (exact) mass is 416 g/mol. The van der Waals surface area contributed by atoms with Crippen LogP contribution in [0.4, 0.5) is 15.8 Å². The molecule has 0 aliphatic carbocycles. The average Bonchev–Trinajstić information content (AvgIpc) is 3.04. The normalized spacial score (nSPS) is 15.5. The molecule has 7 heteroatoms. The molecule has 154 valence electrons. The van der Waals surface area contributed by atoms with Gasteiger partial charge in [0.15, 0.2) is 11.5 Å². The molecule has 0 saturated carbocycles. The topological polar surface area (TPSA) is 67.9 Å². The fourth-order valence-electron chi connectivity index (χ4n) is 3.61. The van der Waals surface area contributed by atoms with Crippen molar-refractivity contribution in [2.75, 3.05) is 23.4 Å². The van der Waals surface area contributed by atoms with E-state index in [9.17, 15) is 14.0 Å². The van der Waals surface area contributed by atoms with Gasteiger partial charge in [-0.2, -0.15) is 0 Å². The SMILES string of the molecule is O=C1C(Nc2ccc3c(c2)OCCO3)=C(c2ccccc2)C(=O)N1c1ccc(F)cc1. The number of imide groups is 1. The number of rotatable bonds is 4. The van der Waals surface area contributed by atoms with Gasteiger partial charge in [0.05, 0.1) is 11.3 Å². The van der Waals surface area contributed by atoms with Gasteiger partial charge in [-0.15, -0.1) is 0 Å². The molecule has 2 heterocycles. The van der Waals surface area contributed by atoms with E-state index in [1.807, 2.05) is 6.07 Å². The molecule has 1 N–H and O–H groups in total. The molecule has 31 heavy (non-hydrogen) atoms. The van der Waals surface area contributed by atoms with Crippen molar-refractivity contribution in [3.63, 3.8) is 0 Å². The van der Waals surface area contributed by atoms with Crippen molar-refractivity contribution >= 4 is 28.8 Å². The maximum Gasteiger partial charge on any atom is 0.282 e. The Morgan fingerprint density at radius 2 is 1.52 bits per heavy atom. The molecule has 0 radical (unpaired) electrons. The second kappa shape index (κ2) is 7.60. The Bertz CT molecular complexity index is 1210. The van der Waals surface area contributed by atoms with Gasteiger partial charge in [-0.1, -0.05) is 30.3 Å². The minimum Gasteiger partial charge on any atom is -0.486 e. The van der Waals surface area contributed by atoms with Crippen LogP contribution in [0.25, 0.3) is 5.57 Å². The first-order valence-corrected chi connectivity index (χ1v) is 9.72. The number of hydrogen-bond donors (Lipinski definition) is 1. The van der Waals surface area contributed by atoms with Gasteiger partial charge in [-0.3, -0.25) is 9.59 Å². The molecule has 2 aliphatic heterocycles. The summed E-state index contributed by atoms with van der Waals surface area (Å²) in [6.07, 6.45) is 0. The Morgan fingerprint density at radius 3 is 2.26 bits per heavy atom. The lowest BCUT2D eigenvalue weighted by Crippen LogP contribution is -2.32. The molecule has 0 unspecified atom stereocenters.